The number of aryl methyl sites for hydroxylation is 1. The van der Waals surface area contributed by atoms with Crippen molar-refractivity contribution in [3.8, 4) is 0 Å². The maximum Gasteiger partial charge on any atom is 0.347 e. The molecule has 0 radical (unpaired) electrons. The van der Waals surface area contributed by atoms with E-state index in [9.17, 15) is 4.79 Å². The van der Waals surface area contributed by atoms with E-state index in [1.807, 2.05) is 19.1 Å². The molecule has 3 aromatic rings. The fraction of sp³-hybridized carbons (Fsp3) is 0.400. The minimum absolute atomic E-state index is 0.245. The molecular formula is C15H18N6O2. The lowest BCUT2D eigenvalue weighted by Gasteiger charge is -2.17. The Morgan fingerprint density at radius 3 is 3.22 bits per heavy atom. The minimum atomic E-state index is -0.245. The van der Waals surface area contributed by atoms with Crippen LogP contribution < -0.4 is 15.9 Å². The Morgan fingerprint density at radius 2 is 2.39 bits per heavy atom. The van der Waals surface area contributed by atoms with Crippen LogP contribution in [-0.2, 0) is 6.54 Å². The summed E-state index contributed by atoms with van der Waals surface area (Å²) < 4.78 is 7.06. The third-order valence-electron chi connectivity index (χ3n) is 4.17. The van der Waals surface area contributed by atoms with Crippen LogP contribution in [0, 0.1) is 6.92 Å². The first kappa shape index (κ1) is 14.0. The zero-order chi connectivity index (χ0) is 15.8. The van der Waals surface area contributed by atoms with E-state index in [0.29, 0.717) is 18.2 Å². The van der Waals surface area contributed by atoms with Crippen LogP contribution in [0.15, 0.2) is 33.7 Å². The summed E-state index contributed by atoms with van der Waals surface area (Å²) in [6.07, 6.45) is 4.26. The van der Waals surface area contributed by atoms with Crippen LogP contribution in [0.5, 0.6) is 0 Å². The van der Waals surface area contributed by atoms with Gasteiger partial charge in [0.1, 0.15) is 11.5 Å². The lowest BCUT2D eigenvalue weighted by molar-refractivity contribution is 0.440. The van der Waals surface area contributed by atoms with E-state index in [1.54, 1.807) is 12.4 Å². The number of nitrogens with zero attached hydrogens (tertiary/aromatic N) is 4. The van der Waals surface area contributed by atoms with Gasteiger partial charge in [0.05, 0.1) is 6.54 Å². The molecule has 0 bridgehead atoms. The summed E-state index contributed by atoms with van der Waals surface area (Å²) in [4.78, 5) is 18.2. The van der Waals surface area contributed by atoms with E-state index < -0.39 is 0 Å². The van der Waals surface area contributed by atoms with Gasteiger partial charge in [-0.05, 0) is 25.5 Å². The van der Waals surface area contributed by atoms with E-state index in [-0.39, 0.29) is 5.69 Å². The van der Waals surface area contributed by atoms with Gasteiger partial charge in [0, 0.05) is 31.5 Å². The summed E-state index contributed by atoms with van der Waals surface area (Å²) in [5, 5.41) is 10.0. The second-order valence-corrected chi connectivity index (χ2v) is 5.80. The SMILES string of the molecule is Cc1ccc(CN[C@H]2CCN(c3nccn4c(=O)[nH]nc34)C2)o1. The number of nitrogens with one attached hydrogen (secondary N) is 2. The van der Waals surface area contributed by atoms with Crippen molar-refractivity contribution < 1.29 is 4.42 Å². The molecule has 3 aromatic heterocycles. The first-order valence-electron chi connectivity index (χ1n) is 7.66. The molecule has 0 saturated carbocycles. The van der Waals surface area contributed by atoms with Gasteiger partial charge in [-0.15, -0.1) is 5.10 Å². The Kier molecular flexibility index (Phi) is 3.38. The number of fused-ring (bicyclic) bond motifs is 1. The van der Waals surface area contributed by atoms with Crippen molar-refractivity contribution in [3.05, 3.63) is 46.5 Å². The van der Waals surface area contributed by atoms with Crippen LogP contribution >= 0.6 is 0 Å². The molecule has 1 aliphatic rings. The Morgan fingerprint density at radius 1 is 1.48 bits per heavy atom. The summed E-state index contributed by atoms with van der Waals surface area (Å²) in [5.41, 5.74) is 0.325. The van der Waals surface area contributed by atoms with Gasteiger partial charge >= 0.3 is 5.69 Å². The molecule has 4 heterocycles. The Labute approximate surface area is 132 Å². The largest absolute Gasteiger partial charge is 0.465 e. The Balaban J connectivity index is 1.46. The minimum Gasteiger partial charge on any atom is -0.465 e. The molecule has 8 nitrogen and oxygen atoms in total. The fourth-order valence-corrected chi connectivity index (χ4v) is 3.00. The first-order valence-corrected chi connectivity index (χ1v) is 7.66. The van der Waals surface area contributed by atoms with Crippen molar-refractivity contribution in [2.24, 2.45) is 0 Å². The molecule has 0 aliphatic carbocycles. The van der Waals surface area contributed by atoms with Crippen LogP contribution in [0.1, 0.15) is 17.9 Å². The van der Waals surface area contributed by atoms with Gasteiger partial charge in [-0.3, -0.25) is 0 Å². The zero-order valence-corrected chi connectivity index (χ0v) is 12.8. The highest BCUT2D eigenvalue weighted by Crippen LogP contribution is 2.21. The number of hydrogen-bond donors (Lipinski definition) is 2. The van der Waals surface area contributed by atoms with Crippen molar-refractivity contribution in [2.75, 3.05) is 18.0 Å². The highest BCUT2D eigenvalue weighted by molar-refractivity contribution is 5.63. The normalized spacial score (nSPS) is 18.1. The van der Waals surface area contributed by atoms with Gasteiger partial charge in [0.25, 0.3) is 0 Å². The third-order valence-corrected chi connectivity index (χ3v) is 4.17. The van der Waals surface area contributed by atoms with Crippen molar-refractivity contribution in [3.63, 3.8) is 0 Å². The molecule has 120 valence electrons. The summed E-state index contributed by atoms with van der Waals surface area (Å²) in [6, 6.07) is 4.32. The molecule has 0 unspecified atom stereocenters. The van der Waals surface area contributed by atoms with Crippen LogP contribution in [-0.4, -0.2) is 38.7 Å². The monoisotopic (exact) mass is 314 g/mol. The fourth-order valence-electron chi connectivity index (χ4n) is 3.00. The van der Waals surface area contributed by atoms with Crippen LogP contribution in [0.25, 0.3) is 5.65 Å². The lowest BCUT2D eigenvalue weighted by Crippen LogP contribution is -2.32. The van der Waals surface area contributed by atoms with Gasteiger partial charge in [0.2, 0.25) is 5.65 Å². The standard InChI is InChI=1S/C15H18N6O2/c1-10-2-3-12(23-10)8-17-11-4-6-20(9-11)13-14-18-19-15(22)21(14)7-5-16-13/h2-3,5,7,11,17H,4,6,8-9H2,1H3,(H,19,22)/t11-/m0/s1. The van der Waals surface area contributed by atoms with E-state index in [1.165, 1.54) is 4.40 Å². The average molecular weight is 314 g/mol. The first-order chi connectivity index (χ1) is 11.2. The number of hydrogen-bond acceptors (Lipinski definition) is 6. The highest BCUT2D eigenvalue weighted by Gasteiger charge is 2.25. The molecule has 1 saturated heterocycles. The van der Waals surface area contributed by atoms with Gasteiger partial charge in [-0.2, -0.15) is 0 Å². The number of anilines is 1. The Hall–Kier alpha value is -2.61. The molecule has 0 aromatic carbocycles. The quantitative estimate of drug-likeness (QED) is 0.736. The summed E-state index contributed by atoms with van der Waals surface area (Å²) >= 11 is 0. The number of aromatic amines is 1. The van der Waals surface area contributed by atoms with E-state index in [0.717, 1.165) is 36.8 Å². The molecule has 0 spiro atoms. The smallest absolute Gasteiger partial charge is 0.347 e. The molecule has 1 aliphatic heterocycles. The predicted octanol–water partition coefficient (Wildman–Crippen LogP) is 0.688. The predicted molar refractivity (Wildman–Crippen MR) is 84.5 cm³/mol. The zero-order valence-electron chi connectivity index (χ0n) is 12.8. The van der Waals surface area contributed by atoms with E-state index >= 15 is 0 Å². The molecular weight excluding hydrogens is 296 g/mol. The van der Waals surface area contributed by atoms with E-state index in [2.05, 4.69) is 25.4 Å². The molecule has 0 amide bonds. The maximum absolute atomic E-state index is 11.6. The average Bonchev–Trinajstić information content (AvgIpc) is 3.26. The van der Waals surface area contributed by atoms with Crippen molar-refractivity contribution >= 4 is 11.5 Å². The van der Waals surface area contributed by atoms with Crippen molar-refractivity contribution in [2.45, 2.75) is 25.9 Å². The third kappa shape index (κ3) is 2.61. The summed E-state index contributed by atoms with van der Waals surface area (Å²) in [6.45, 7) is 4.36. The summed E-state index contributed by atoms with van der Waals surface area (Å²) in [7, 11) is 0. The highest BCUT2D eigenvalue weighted by atomic mass is 16.3. The van der Waals surface area contributed by atoms with E-state index in [4.69, 9.17) is 4.42 Å². The van der Waals surface area contributed by atoms with Crippen LogP contribution in [0.2, 0.25) is 0 Å². The number of aromatic nitrogens is 4. The van der Waals surface area contributed by atoms with Gasteiger partial charge in [-0.25, -0.2) is 19.3 Å². The van der Waals surface area contributed by atoms with Gasteiger partial charge in [-0.1, -0.05) is 0 Å². The molecule has 4 rings (SSSR count). The number of rotatable bonds is 4. The van der Waals surface area contributed by atoms with Crippen LogP contribution in [0.3, 0.4) is 0 Å². The molecule has 8 heteroatoms. The number of furan rings is 1. The Bertz CT molecular complexity index is 879. The molecule has 1 fully saturated rings. The van der Waals surface area contributed by atoms with Gasteiger partial charge < -0.3 is 14.6 Å². The second kappa shape index (κ2) is 5.54. The molecule has 23 heavy (non-hydrogen) atoms. The van der Waals surface area contributed by atoms with Crippen molar-refractivity contribution in [1.82, 2.24) is 24.9 Å². The lowest BCUT2D eigenvalue weighted by atomic mass is 10.2. The van der Waals surface area contributed by atoms with Gasteiger partial charge in [0.15, 0.2) is 5.82 Å². The molecule has 2 N–H and O–H groups in total. The second-order valence-electron chi connectivity index (χ2n) is 5.80. The molecule has 1 atom stereocenters. The maximum atomic E-state index is 11.6. The van der Waals surface area contributed by atoms with Crippen LogP contribution in [0.4, 0.5) is 5.82 Å². The number of H-pyrrole nitrogens is 1. The van der Waals surface area contributed by atoms with Crippen molar-refractivity contribution in [1.29, 1.82) is 0 Å². The summed E-state index contributed by atoms with van der Waals surface area (Å²) in [5.74, 6) is 2.61. The topological polar surface area (TPSA) is 91.5 Å².